The molecule has 1 fully saturated rings. The average Bonchev–Trinajstić information content (AvgIpc) is 3.29. The van der Waals surface area contributed by atoms with Gasteiger partial charge in [0.1, 0.15) is 6.04 Å². The standard InChI is InChI=1S/C20H19N3O4S/c1-21-20(28)22(11-13-7-8-16-17(9-13)27-12-26-16)15-10-18(24)23(19(15)25)14-5-3-2-4-6-14/h2-9,15H,10-12H2,1H3,(H,21,28)/t15-/m1/s1. The number of anilines is 1. The molecule has 4 rings (SSSR count). The summed E-state index contributed by atoms with van der Waals surface area (Å²) in [4.78, 5) is 28.7. The van der Waals surface area contributed by atoms with Crippen molar-refractivity contribution in [1.82, 2.24) is 10.2 Å². The minimum atomic E-state index is -0.668. The number of benzene rings is 2. The van der Waals surface area contributed by atoms with E-state index in [2.05, 4.69) is 5.32 Å². The third-order valence-corrected chi connectivity index (χ3v) is 5.22. The van der Waals surface area contributed by atoms with E-state index >= 15 is 0 Å². The Morgan fingerprint density at radius 2 is 1.93 bits per heavy atom. The van der Waals surface area contributed by atoms with E-state index in [1.807, 2.05) is 24.3 Å². The first kappa shape index (κ1) is 18.2. The van der Waals surface area contributed by atoms with Crippen LogP contribution in [0.15, 0.2) is 48.5 Å². The molecular formula is C20H19N3O4S. The van der Waals surface area contributed by atoms with Crippen molar-refractivity contribution in [1.29, 1.82) is 0 Å². The molecule has 2 heterocycles. The number of imide groups is 1. The van der Waals surface area contributed by atoms with Crippen molar-refractivity contribution in [2.75, 3.05) is 18.7 Å². The maximum Gasteiger partial charge on any atom is 0.257 e. The van der Waals surface area contributed by atoms with Crippen LogP contribution in [0.25, 0.3) is 0 Å². The number of nitrogens with one attached hydrogen (secondary N) is 1. The predicted molar refractivity (Wildman–Crippen MR) is 107 cm³/mol. The summed E-state index contributed by atoms with van der Waals surface area (Å²) in [7, 11) is 1.70. The Morgan fingerprint density at radius 1 is 1.18 bits per heavy atom. The van der Waals surface area contributed by atoms with Crippen LogP contribution in [0.5, 0.6) is 11.5 Å². The highest BCUT2D eigenvalue weighted by Crippen LogP contribution is 2.33. The zero-order valence-electron chi connectivity index (χ0n) is 15.3. The number of ether oxygens (including phenoxy) is 2. The molecule has 0 saturated carbocycles. The fourth-order valence-electron chi connectivity index (χ4n) is 3.41. The molecule has 2 aromatic rings. The molecule has 1 saturated heterocycles. The molecule has 144 valence electrons. The Morgan fingerprint density at radius 3 is 2.68 bits per heavy atom. The van der Waals surface area contributed by atoms with Crippen LogP contribution in [-0.2, 0) is 16.1 Å². The monoisotopic (exact) mass is 397 g/mol. The normalized spacial score (nSPS) is 17.8. The van der Waals surface area contributed by atoms with Gasteiger partial charge in [0, 0.05) is 13.6 Å². The first-order valence-electron chi connectivity index (χ1n) is 8.87. The van der Waals surface area contributed by atoms with Gasteiger partial charge in [0.2, 0.25) is 12.7 Å². The summed E-state index contributed by atoms with van der Waals surface area (Å²) >= 11 is 5.44. The number of thiocarbonyl (C=S) groups is 1. The summed E-state index contributed by atoms with van der Waals surface area (Å²) in [6.45, 7) is 0.557. The number of fused-ring (bicyclic) bond motifs is 1. The summed E-state index contributed by atoms with van der Waals surface area (Å²) in [6, 6.07) is 13.9. The van der Waals surface area contributed by atoms with Gasteiger partial charge in [-0.05, 0) is 42.0 Å². The second-order valence-electron chi connectivity index (χ2n) is 6.49. The van der Waals surface area contributed by atoms with Crippen LogP contribution in [0.2, 0.25) is 0 Å². The van der Waals surface area contributed by atoms with E-state index in [-0.39, 0.29) is 25.0 Å². The molecule has 2 amide bonds. The number of carbonyl (C=O) groups is 2. The first-order chi connectivity index (χ1) is 13.6. The van der Waals surface area contributed by atoms with Crippen LogP contribution in [0.1, 0.15) is 12.0 Å². The zero-order valence-corrected chi connectivity index (χ0v) is 16.1. The Labute approximate surface area is 167 Å². The zero-order chi connectivity index (χ0) is 19.7. The molecule has 8 heteroatoms. The summed E-state index contributed by atoms with van der Waals surface area (Å²) < 4.78 is 10.8. The molecular weight excluding hydrogens is 378 g/mol. The number of nitrogens with zero attached hydrogens (tertiary/aromatic N) is 2. The summed E-state index contributed by atoms with van der Waals surface area (Å²) in [6.07, 6.45) is 0.0695. The van der Waals surface area contributed by atoms with Crippen LogP contribution in [0.3, 0.4) is 0 Å². The third-order valence-electron chi connectivity index (χ3n) is 4.78. The molecule has 28 heavy (non-hydrogen) atoms. The van der Waals surface area contributed by atoms with E-state index in [4.69, 9.17) is 21.7 Å². The molecule has 2 aromatic carbocycles. The number of carbonyl (C=O) groups excluding carboxylic acids is 2. The van der Waals surface area contributed by atoms with Gasteiger partial charge in [-0.3, -0.25) is 9.59 Å². The smallest absolute Gasteiger partial charge is 0.257 e. The lowest BCUT2D eigenvalue weighted by Gasteiger charge is -2.29. The Hall–Kier alpha value is -3.13. The van der Waals surface area contributed by atoms with Crippen molar-refractivity contribution in [2.24, 2.45) is 0 Å². The summed E-state index contributed by atoms with van der Waals surface area (Å²) in [5, 5.41) is 3.33. The molecule has 0 aliphatic carbocycles. The Balaban J connectivity index is 1.60. The Kier molecular flexibility index (Phi) is 4.87. The van der Waals surface area contributed by atoms with Crippen molar-refractivity contribution in [3.8, 4) is 11.5 Å². The van der Waals surface area contributed by atoms with Gasteiger partial charge >= 0.3 is 0 Å². The van der Waals surface area contributed by atoms with Gasteiger partial charge in [-0.25, -0.2) is 4.90 Å². The number of hydrogen-bond donors (Lipinski definition) is 1. The molecule has 0 radical (unpaired) electrons. The van der Waals surface area contributed by atoms with Crippen LogP contribution in [0.4, 0.5) is 5.69 Å². The van der Waals surface area contributed by atoms with Crippen molar-refractivity contribution in [3.63, 3.8) is 0 Å². The lowest BCUT2D eigenvalue weighted by molar-refractivity contribution is -0.122. The molecule has 7 nitrogen and oxygen atoms in total. The molecule has 0 spiro atoms. The van der Waals surface area contributed by atoms with E-state index in [1.54, 1.807) is 36.2 Å². The van der Waals surface area contributed by atoms with E-state index in [0.717, 1.165) is 5.56 Å². The largest absolute Gasteiger partial charge is 0.454 e. The quantitative estimate of drug-likeness (QED) is 0.625. The molecule has 0 bridgehead atoms. The van der Waals surface area contributed by atoms with Gasteiger partial charge in [0.15, 0.2) is 16.6 Å². The van der Waals surface area contributed by atoms with Crippen molar-refractivity contribution in [3.05, 3.63) is 54.1 Å². The molecule has 1 atom stereocenters. The fraction of sp³-hybridized carbons (Fsp3) is 0.250. The number of para-hydroxylation sites is 1. The van der Waals surface area contributed by atoms with Crippen molar-refractivity contribution in [2.45, 2.75) is 19.0 Å². The maximum absolute atomic E-state index is 13.1. The number of amides is 2. The number of rotatable bonds is 4. The second-order valence-corrected chi connectivity index (χ2v) is 6.88. The minimum absolute atomic E-state index is 0.0695. The lowest BCUT2D eigenvalue weighted by atomic mass is 10.1. The first-order valence-corrected chi connectivity index (χ1v) is 9.28. The van der Waals surface area contributed by atoms with Crippen LogP contribution < -0.4 is 19.7 Å². The Bertz CT molecular complexity index is 934. The van der Waals surface area contributed by atoms with Gasteiger partial charge in [0.05, 0.1) is 12.1 Å². The SMILES string of the molecule is CNC(=S)N(Cc1ccc2c(c1)OCO2)[C@@H]1CC(=O)N(c2ccccc2)C1=O. The van der Waals surface area contributed by atoms with Gasteiger partial charge in [-0.2, -0.15) is 0 Å². The van der Waals surface area contributed by atoms with Crippen LogP contribution >= 0.6 is 12.2 Å². The molecule has 0 aromatic heterocycles. The molecule has 1 N–H and O–H groups in total. The van der Waals surface area contributed by atoms with Crippen LogP contribution in [-0.4, -0.2) is 41.7 Å². The fourth-order valence-corrected chi connectivity index (χ4v) is 3.60. The maximum atomic E-state index is 13.1. The molecule has 0 unspecified atom stereocenters. The van der Waals surface area contributed by atoms with E-state index < -0.39 is 6.04 Å². The topological polar surface area (TPSA) is 71.1 Å². The van der Waals surface area contributed by atoms with Crippen LogP contribution in [0, 0.1) is 0 Å². The lowest BCUT2D eigenvalue weighted by Crippen LogP contribution is -2.48. The van der Waals surface area contributed by atoms with Gasteiger partial charge in [0.25, 0.3) is 5.91 Å². The minimum Gasteiger partial charge on any atom is -0.454 e. The highest BCUT2D eigenvalue weighted by Gasteiger charge is 2.43. The predicted octanol–water partition coefficient (Wildman–Crippen LogP) is 2.05. The van der Waals surface area contributed by atoms with E-state index in [0.29, 0.717) is 28.8 Å². The van der Waals surface area contributed by atoms with E-state index in [1.165, 1.54) is 4.90 Å². The van der Waals surface area contributed by atoms with Crippen molar-refractivity contribution < 1.29 is 19.1 Å². The third kappa shape index (κ3) is 3.27. The average molecular weight is 397 g/mol. The van der Waals surface area contributed by atoms with Crippen molar-refractivity contribution >= 4 is 34.8 Å². The second kappa shape index (κ2) is 7.47. The highest BCUT2D eigenvalue weighted by molar-refractivity contribution is 7.80. The molecule has 2 aliphatic rings. The molecule has 2 aliphatic heterocycles. The van der Waals surface area contributed by atoms with E-state index in [9.17, 15) is 9.59 Å². The van der Waals surface area contributed by atoms with Gasteiger partial charge < -0.3 is 19.7 Å². The highest BCUT2D eigenvalue weighted by atomic mass is 32.1. The summed E-state index contributed by atoms with van der Waals surface area (Å²) in [5.41, 5.74) is 1.47. The number of hydrogen-bond acceptors (Lipinski definition) is 5. The summed E-state index contributed by atoms with van der Waals surface area (Å²) in [5.74, 6) is 0.826. The van der Waals surface area contributed by atoms with Gasteiger partial charge in [-0.15, -0.1) is 0 Å². The van der Waals surface area contributed by atoms with Gasteiger partial charge in [-0.1, -0.05) is 24.3 Å².